The Morgan fingerprint density at radius 3 is 2.41 bits per heavy atom. The van der Waals surface area contributed by atoms with Crippen LogP contribution in [0.2, 0.25) is 0 Å². The van der Waals surface area contributed by atoms with E-state index < -0.39 is 16.6 Å². The Labute approximate surface area is 197 Å². The first-order chi connectivity index (χ1) is 16.5. The second-order valence-corrected chi connectivity index (χ2v) is 8.48. The van der Waals surface area contributed by atoms with Crippen molar-refractivity contribution in [3.05, 3.63) is 128 Å². The van der Waals surface area contributed by atoms with Crippen molar-refractivity contribution in [3.63, 3.8) is 0 Å². The summed E-state index contributed by atoms with van der Waals surface area (Å²) in [5.74, 6) is -0.507. The molecule has 0 radical (unpaired) electrons. The van der Waals surface area contributed by atoms with Gasteiger partial charge in [0.05, 0.1) is 0 Å². The first kappa shape index (κ1) is 21.5. The SMILES string of the molecule is CC(Nc1ccccc1Cc1cccc(Nc2c(O)c(=O)c2=O)c1)c1cccc2ccccc12. The molecule has 3 N–H and O–H groups in total. The maximum atomic E-state index is 11.7. The first-order valence-corrected chi connectivity index (χ1v) is 11.2. The van der Waals surface area contributed by atoms with Crippen molar-refractivity contribution in [2.75, 3.05) is 10.6 Å². The quantitative estimate of drug-likeness (QED) is 0.281. The zero-order valence-corrected chi connectivity index (χ0v) is 18.7. The van der Waals surface area contributed by atoms with Gasteiger partial charge in [0.15, 0.2) is 5.75 Å². The number of rotatable bonds is 7. The lowest BCUT2D eigenvalue weighted by Gasteiger charge is -2.20. The fourth-order valence-electron chi connectivity index (χ4n) is 4.37. The van der Waals surface area contributed by atoms with Gasteiger partial charge in [-0.25, -0.2) is 0 Å². The Morgan fingerprint density at radius 1 is 0.824 bits per heavy atom. The monoisotopic (exact) mass is 448 g/mol. The number of anilines is 3. The van der Waals surface area contributed by atoms with Gasteiger partial charge in [-0.3, -0.25) is 9.59 Å². The Balaban J connectivity index is 1.38. The molecule has 0 aromatic heterocycles. The van der Waals surface area contributed by atoms with E-state index in [4.69, 9.17) is 0 Å². The molecule has 5 nitrogen and oxygen atoms in total. The summed E-state index contributed by atoms with van der Waals surface area (Å²) in [5, 5.41) is 18.6. The van der Waals surface area contributed by atoms with Crippen LogP contribution in [0.5, 0.6) is 5.75 Å². The molecule has 0 saturated heterocycles. The highest BCUT2D eigenvalue weighted by Gasteiger charge is 2.20. The molecule has 0 aliphatic rings. The summed E-state index contributed by atoms with van der Waals surface area (Å²) in [6, 6.07) is 30.7. The van der Waals surface area contributed by atoms with Gasteiger partial charge >= 0.3 is 0 Å². The average molecular weight is 449 g/mol. The standard InChI is InChI=1S/C29H24N2O3/c1-18(23-14-7-11-20-9-2-4-13-24(20)23)30-25-15-5-3-10-21(25)16-19-8-6-12-22(17-19)31-26-27(32)29(34)28(26)33/h2-15,17-18,30-32H,16H2,1H3. The third kappa shape index (κ3) is 4.04. The normalized spacial score (nSPS) is 12.0. The van der Waals surface area contributed by atoms with Gasteiger partial charge in [-0.2, -0.15) is 0 Å². The molecule has 5 heteroatoms. The number of para-hydroxylation sites is 1. The summed E-state index contributed by atoms with van der Waals surface area (Å²) in [7, 11) is 0. The Kier molecular flexibility index (Phi) is 5.60. The zero-order chi connectivity index (χ0) is 23.7. The highest BCUT2D eigenvalue weighted by molar-refractivity contribution is 5.86. The molecule has 0 aliphatic carbocycles. The molecular weight excluding hydrogens is 424 g/mol. The number of fused-ring (bicyclic) bond motifs is 1. The highest BCUT2D eigenvalue weighted by Crippen LogP contribution is 2.29. The van der Waals surface area contributed by atoms with Crippen LogP contribution >= 0.6 is 0 Å². The second-order valence-electron chi connectivity index (χ2n) is 8.48. The van der Waals surface area contributed by atoms with Crippen molar-refractivity contribution in [2.24, 2.45) is 0 Å². The molecule has 168 valence electrons. The maximum Gasteiger partial charge on any atom is 0.271 e. The Bertz CT molecular complexity index is 1560. The minimum atomic E-state index is -0.848. The van der Waals surface area contributed by atoms with Gasteiger partial charge in [0.2, 0.25) is 0 Å². The van der Waals surface area contributed by atoms with E-state index in [1.807, 2.05) is 30.3 Å². The van der Waals surface area contributed by atoms with E-state index in [-0.39, 0.29) is 11.7 Å². The van der Waals surface area contributed by atoms with Gasteiger partial charge in [-0.15, -0.1) is 0 Å². The van der Waals surface area contributed by atoms with E-state index in [2.05, 4.69) is 72.2 Å². The van der Waals surface area contributed by atoms with Crippen LogP contribution in [-0.4, -0.2) is 5.11 Å². The molecular formula is C29H24N2O3. The van der Waals surface area contributed by atoms with E-state index in [0.29, 0.717) is 12.1 Å². The number of hydrogen-bond acceptors (Lipinski definition) is 5. The molecule has 0 fully saturated rings. The average Bonchev–Trinajstić information content (AvgIpc) is 2.87. The summed E-state index contributed by atoms with van der Waals surface area (Å²) in [4.78, 5) is 22.9. The minimum Gasteiger partial charge on any atom is -0.502 e. The van der Waals surface area contributed by atoms with Crippen molar-refractivity contribution in [1.29, 1.82) is 0 Å². The zero-order valence-electron chi connectivity index (χ0n) is 18.7. The predicted molar refractivity (Wildman–Crippen MR) is 138 cm³/mol. The molecule has 1 unspecified atom stereocenters. The van der Waals surface area contributed by atoms with Crippen LogP contribution in [0.25, 0.3) is 10.8 Å². The lowest BCUT2D eigenvalue weighted by molar-refractivity contribution is 0.466. The van der Waals surface area contributed by atoms with Crippen LogP contribution in [-0.2, 0) is 6.42 Å². The van der Waals surface area contributed by atoms with Crippen LogP contribution in [0.1, 0.15) is 29.7 Å². The van der Waals surface area contributed by atoms with Crippen molar-refractivity contribution in [3.8, 4) is 5.75 Å². The van der Waals surface area contributed by atoms with Crippen molar-refractivity contribution < 1.29 is 5.11 Å². The molecule has 0 bridgehead atoms. The summed E-state index contributed by atoms with van der Waals surface area (Å²) in [5.41, 5.74) is 3.54. The van der Waals surface area contributed by atoms with Crippen molar-refractivity contribution >= 4 is 27.8 Å². The molecule has 5 aromatic carbocycles. The third-order valence-electron chi connectivity index (χ3n) is 6.16. The third-order valence-corrected chi connectivity index (χ3v) is 6.16. The van der Waals surface area contributed by atoms with Gasteiger partial charge in [-0.05, 0) is 59.0 Å². The van der Waals surface area contributed by atoms with Crippen LogP contribution in [0.3, 0.4) is 0 Å². The van der Waals surface area contributed by atoms with Gasteiger partial charge in [0, 0.05) is 17.4 Å². The van der Waals surface area contributed by atoms with Crippen molar-refractivity contribution in [2.45, 2.75) is 19.4 Å². The maximum absolute atomic E-state index is 11.7. The van der Waals surface area contributed by atoms with E-state index in [9.17, 15) is 14.7 Å². The van der Waals surface area contributed by atoms with E-state index in [1.165, 1.54) is 16.3 Å². The molecule has 34 heavy (non-hydrogen) atoms. The topological polar surface area (TPSA) is 78.4 Å². The summed E-state index contributed by atoms with van der Waals surface area (Å²) in [6.07, 6.45) is 0.679. The van der Waals surface area contributed by atoms with Gasteiger partial charge in [0.25, 0.3) is 10.9 Å². The van der Waals surface area contributed by atoms with Gasteiger partial charge < -0.3 is 15.7 Å². The van der Waals surface area contributed by atoms with Crippen molar-refractivity contribution in [1.82, 2.24) is 0 Å². The number of nitrogens with one attached hydrogen (secondary N) is 2. The summed E-state index contributed by atoms with van der Waals surface area (Å²) < 4.78 is 0. The second kappa shape index (κ2) is 8.87. The minimum absolute atomic E-state index is 0.0480. The summed E-state index contributed by atoms with van der Waals surface area (Å²) in [6.45, 7) is 2.17. The molecule has 0 spiro atoms. The Hall–Kier alpha value is -4.38. The number of aromatic hydroxyl groups is 1. The van der Waals surface area contributed by atoms with Gasteiger partial charge in [0.1, 0.15) is 5.69 Å². The molecule has 1 atom stereocenters. The smallest absolute Gasteiger partial charge is 0.271 e. The Morgan fingerprint density at radius 2 is 1.56 bits per heavy atom. The van der Waals surface area contributed by atoms with E-state index >= 15 is 0 Å². The fourth-order valence-corrected chi connectivity index (χ4v) is 4.37. The fraction of sp³-hybridized carbons (Fsp3) is 0.103. The molecule has 0 saturated carbocycles. The van der Waals surface area contributed by atoms with Crippen LogP contribution in [0, 0.1) is 0 Å². The van der Waals surface area contributed by atoms with E-state index in [1.54, 1.807) is 6.07 Å². The molecule has 0 aliphatic heterocycles. The van der Waals surface area contributed by atoms with Crippen LogP contribution in [0.15, 0.2) is 101 Å². The number of hydrogen-bond donors (Lipinski definition) is 3. The van der Waals surface area contributed by atoms with Crippen LogP contribution in [0.4, 0.5) is 17.1 Å². The highest BCUT2D eigenvalue weighted by atomic mass is 16.3. The summed E-state index contributed by atoms with van der Waals surface area (Å²) >= 11 is 0. The largest absolute Gasteiger partial charge is 0.502 e. The van der Waals surface area contributed by atoms with Crippen LogP contribution < -0.4 is 21.5 Å². The lowest BCUT2D eigenvalue weighted by Crippen LogP contribution is -2.32. The van der Waals surface area contributed by atoms with Gasteiger partial charge in [-0.1, -0.05) is 72.8 Å². The molecule has 5 rings (SSSR count). The molecule has 5 aromatic rings. The molecule has 0 heterocycles. The first-order valence-electron chi connectivity index (χ1n) is 11.2. The molecule has 0 amide bonds. The lowest BCUT2D eigenvalue weighted by atomic mass is 9.98. The predicted octanol–water partition coefficient (Wildman–Crippen LogP) is 5.65. The number of benzene rings is 4. The van der Waals surface area contributed by atoms with E-state index in [0.717, 1.165) is 16.8 Å².